The van der Waals surface area contributed by atoms with Gasteiger partial charge in [-0.1, -0.05) is 23.2 Å². The normalized spacial score (nSPS) is 13.6. The molecule has 21 heavy (non-hydrogen) atoms. The fourth-order valence-electron chi connectivity index (χ4n) is 2.11. The van der Waals surface area contributed by atoms with Crippen molar-refractivity contribution in [2.45, 2.75) is 11.3 Å². The SMILES string of the molecule is O=S(=O)(Nc1ccc(Cl)cc1Cl)c1ccc2c(c1)CCO2. The van der Waals surface area contributed by atoms with Gasteiger partial charge in [0.05, 0.1) is 22.2 Å². The highest BCUT2D eigenvalue weighted by Crippen LogP contribution is 2.30. The molecule has 0 atom stereocenters. The van der Waals surface area contributed by atoms with Gasteiger partial charge in [-0.3, -0.25) is 4.72 Å². The summed E-state index contributed by atoms with van der Waals surface area (Å²) in [6.45, 7) is 0.579. The molecule has 0 unspecified atom stereocenters. The summed E-state index contributed by atoms with van der Waals surface area (Å²) in [5.41, 5.74) is 1.18. The zero-order chi connectivity index (χ0) is 15.0. The molecule has 0 fully saturated rings. The summed E-state index contributed by atoms with van der Waals surface area (Å²) in [5, 5.41) is 0.688. The predicted molar refractivity (Wildman–Crippen MR) is 82.9 cm³/mol. The number of hydrogen-bond donors (Lipinski definition) is 1. The molecule has 0 saturated carbocycles. The Labute approximate surface area is 132 Å². The Balaban J connectivity index is 1.93. The van der Waals surface area contributed by atoms with E-state index in [0.717, 1.165) is 11.3 Å². The second kappa shape index (κ2) is 5.40. The minimum Gasteiger partial charge on any atom is -0.493 e. The summed E-state index contributed by atoms with van der Waals surface area (Å²) in [6, 6.07) is 9.38. The van der Waals surface area contributed by atoms with Crippen LogP contribution in [0.2, 0.25) is 10.0 Å². The van der Waals surface area contributed by atoms with E-state index in [1.807, 2.05) is 0 Å². The molecule has 1 heterocycles. The Bertz CT molecular complexity index is 806. The van der Waals surface area contributed by atoms with Gasteiger partial charge < -0.3 is 4.74 Å². The van der Waals surface area contributed by atoms with Gasteiger partial charge in [-0.15, -0.1) is 0 Å². The molecular formula is C14H11Cl2NO3S. The zero-order valence-corrected chi connectivity index (χ0v) is 13.1. The van der Waals surface area contributed by atoms with Crippen molar-refractivity contribution in [3.63, 3.8) is 0 Å². The second-order valence-corrected chi connectivity index (χ2v) is 7.12. The van der Waals surface area contributed by atoms with Crippen molar-refractivity contribution in [1.82, 2.24) is 0 Å². The van der Waals surface area contributed by atoms with Crippen molar-refractivity contribution in [2.75, 3.05) is 11.3 Å². The predicted octanol–water partition coefficient (Wildman–Crippen LogP) is 3.73. The summed E-state index contributed by atoms with van der Waals surface area (Å²) in [6.07, 6.45) is 0.709. The van der Waals surface area contributed by atoms with Gasteiger partial charge in [0.15, 0.2) is 0 Å². The Hall–Kier alpha value is -1.43. The van der Waals surface area contributed by atoms with E-state index in [0.29, 0.717) is 18.1 Å². The van der Waals surface area contributed by atoms with Crippen molar-refractivity contribution in [1.29, 1.82) is 0 Å². The number of ether oxygens (including phenoxy) is 1. The molecule has 0 aliphatic carbocycles. The van der Waals surface area contributed by atoms with Gasteiger partial charge in [0.2, 0.25) is 0 Å². The third kappa shape index (κ3) is 2.95. The van der Waals surface area contributed by atoms with Crippen LogP contribution in [0.3, 0.4) is 0 Å². The first kappa shape index (κ1) is 14.5. The topological polar surface area (TPSA) is 55.4 Å². The number of anilines is 1. The van der Waals surface area contributed by atoms with Crippen LogP contribution in [-0.2, 0) is 16.4 Å². The highest BCUT2D eigenvalue weighted by molar-refractivity contribution is 7.92. The van der Waals surface area contributed by atoms with Gasteiger partial charge in [-0.25, -0.2) is 8.42 Å². The summed E-state index contributed by atoms with van der Waals surface area (Å²) < 4.78 is 32.6. The van der Waals surface area contributed by atoms with Gasteiger partial charge >= 0.3 is 0 Å². The highest BCUT2D eigenvalue weighted by atomic mass is 35.5. The largest absolute Gasteiger partial charge is 0.493 e. The molecular weight excluding hydrogens is 333 g/mol. The third-order valence-electron chi connectivity index (χ3n) is 3.15. The lowest BCUT2D eigenvalue weighted by atomic mass is 10.2. The fraction of sp³-hybridized carbons (Fsp3) is 0.143. The molecule has 4 nitrogen and oxygen atoms in total. The molecule has 2 aromatic rings. The minimum absolute atomic E-state index is 0.178. The number of benzene rings is 2. The molecule has 0 bridgehead atoms. The van der Waals surface area contributed by atoms with Crippen LogP contribution >= 0.6 is 23.2 Å². The van der Waals surface area contributed by atoms with Gasteiger partial charge in [0.1, 0.15) is 5.75 Å². The molecule has 0 aromatic heterocycles. The quantitative estimate of drug-likeness (QED) is 0.923. The molecule has 7 heteroatoms. The standard InChI is InChI=1S/C14H11Cl2NO3S/c15-10-1-3-13(12(16)8-10)17-21(18,19)11-2-4-14-9(7-11)5-6-20-14/h1-4,7-8,17H,5-6H2. The van der Waals surface area contributed by atoms with Gasteiger partial charge in [-0.2, -0.15) is 0 Å². The number of sulfonamides is 1. The summed E-state index contributed by atoms with van der Waals surface area (Å²) >= 11 is 11.8. The summed E-state index contributed by atoms with van der Waals surface area (Å²) in [4.78, 5) is 0.178. The first-order valence-corrected chi connectivity index (χ1v) is 8.43. The van der Waals surface area contributed by atoms with Crippen LogP contribution in [0.5, 0.6) is 5.75 Å². The maximum atomic E-state index is 12.4. The molecule has 2 aromatic carbocycles. The lowest BCUT2D eigenvalue weighted by Gasteiger charge is -2.10. The van der Waals surface area contributed by atoms with E-state index in [1.54, 1.807) is 18.2 Å². The van der Waals surface area contributed by atoms with E-state index in [1.165, 1.54) is 18.2 Å². The molecule has 0 spiro atoms. The Morgan fingerprint density at radius 1 is 1.10 bits per heavy atom. The number of halogens is 2. The molecule has 0 amide bonds. The monoisotopic (exact) mass is 343 g/mol. The molecule has 1 aliphatic heterocycles. The number of nitrogens with one attached hydrogen (secondary N) is 1. The number of hydrogen-bond acceptors (Lipinski definition) is 3. The maximum Gasteiger partial charge on any atom is 0.261 e. The molecule has 1 aliphatic rings. The Morgan fingerprint density at radius 2 is 1.90 bits per heavy atom. The van der Waals surface area contributed by atoms with E-state index < -0.39 is 10.0 Å². The second-order valence-electron chi connectivity index (χ2n) is 4.60. The molecule has 0 radical (unpaired) electrons. The molecule has 1 N–H and O–H groups in total. The van der Waals surface area contributed by atoms with Crippen molar-refractivity contribution in [3.05, 3.63) is 52.0 Å². The van der Waals surface area contributed by atoms with Gasteiger partial charge in [0, 0.05) is 11.4 Å². The van der Waals surface area contributed by atoms with Gasteiger partial charge in [0.25, 0.3) is 10.0 Å². The smallest absolute Gasteiger partial charge is 0.261 e. The third-order valence-corrected chi connectivity index (χ3v) is 5.06. The minimum atomic E-state index is -3.70. The van der Waals surface area contributed by atoms with Crippen molar-refractivity contribution in [2.24, 2.45) is 0 Å². The van der Waals surface area contributed by atoms with Gasteiger partial charge in [-0.05, 0) is 42.0 Å². The lowest BCUT2D eigenvalue weighted by molar-refractivity contribution is 0.356. The molecule has 110 valence electrons. The van der Waals surface area contributed by atoms with Crippen LogP contribution in [0.1, 0.15) is 5.56 Å². The average Bonchev–Trinajstić information content (AvgIpc) is 2.89. The number of rotatable bonds is 3. The van der Waals surface area contributed by atoms with Crippen LogP contribution in [-0.4, -0.2) is 15.0 Å². The summed E-state index contributed by atoms with van der Waals surface area (Å²) in [5.74, 6) is 0.735. The Morgan fingerprint density at radius 3 is 2.67 bits per heavy atom. The van der Waals surface area contributed by atoms with E-state index >= 15 is 0 Å². The highest BCUT2D eigenvalue weighted by Gasteiger charge is 2.20. The maximum absolute atomic E-state index is 12.4. The van der Waals surface area contributed by atoms with Crippen molar-refractivity contribution >= 4 is 38.9 Å². The average molecular weight is 344 g/mol. The van der Waals surface area contributed by atoms with Crippen LogP contribution in [0.4, 0.5) is 5.69 Å². The van der Waals surface area contributed by atoms with Crippen LogP contribution < -0.4 is 9.46 Å². The first-order chi connectivity index (χ1) is 9.95. The van der Waals surface area contributed by atoms with Crippen LogP contribution in [0, 0.1) is 0 Å². The van der Waals surface area contributed by atoms with E-state index in [2.05, 4.69) is 4.72 Å². The van der Waals surface area contributed by atoms with E-state index in [4.69, 9.17) is 27.9 Å². The first-order valence-electron chi connectivity index (χ1n) is 6.19. The van der Waals surface area contributed by atoms with Crippen LogP contribution in [0.25, 0.3) is 0 Å². The van der Waals surface area contributed by atoms with Crippen molar-refractivity contribution in [3.8, 4) is 5.75 Å². The Kier molecular flexibility index (Phi) is 3.73. The molecule has 3 rings (SSSR count). The van der Waals surface area contributed by atoms with E-state index in [-0.39, 0.29) is 15.6 Å². The zero-order valence-electron chi connectivity index (χ0n) is 10.8. The van der Waals surface area contributed by atoms with Crippen LogP contribution in [0.15, 0.2) is 41.3 Å². The van der Waals surface area contributed by atoms with E-state index in [9.17, 15) is 8.42 Å². The summed E-state index contributed by atoms with van der Waals surface area (Å²) in [7, 11) is -3.70. The fourth-order valence-corrected chi connectivity index (χ4v) is 3.75. The lowest BCUT2D eigenvalue weighted by Crippen LogP contribution is -2.13. The van der Waals surface area contributed by atoms with Crippen molar-refractivity contribution < 1.29 is 13.2 Å². The number of fused-ring (bicyclic) bond motifs is 1. The molecule has 0 saturated heterocycles.